The van der Waals surface area contributed by atoms with Gasteiger partial charge in [-0.3, -0.25) is 10.2 Å². The third-order valence-electron chi connectivity index (χ3n) is 3.63. The van der Waals surface area contributed by atoms with E-state index in [1.807, 2.05) is 40.5 Å². The maximum absolute atomic E-state index is 12.1. The molecule has 8 nitrogen and oxygen atoms in total. The number of rotatable bonds is 10. The van der Waals surface area contributed by atoms with Crippen LogP contribution in [0.2, 0.25) is 0 Å². The molecule has 0 unspecified atom stereocenters. The van der Waals surface area contributed by atoms with Gasteiger partial charge in [0, 0.05) is 43.4 Å². The predicted molar refractivity (Wildman–Crippen MR) is 109 cm³/mol. The second kappa shape index (κ2) is 11.1. The number of nitrogens with two attached hydrogens (primary N) is 2. The summed E-state index contributed by atoms with van der Waals surface area (Å²) in [4.78, 5) is 22.9. The van der Waals surface area contributed by atoms with E-state index >= 15 is 0 Å². The van der Waals surface area contributed by atoms with Gasteiger partial charge in [-0.2, -0.15) is 0 Å². The summed E-state index contributed by atoms with van der Waals surface area (Å²) < 4.78 is 19.4. The van der Waals surface area contributed by atoms with Crippen LogP contribution in [0, 0.1) is 0 Å². The SMILES string of the molecule is [2H]Cn1cc(C[C@H](N)C(=O)OCCSSCCOC(=O)NN)c2ccccc21. The Morgan fingerprint density at radius 3 is 2.67 bits per heavy atom. The Hall–Kier alpha value is -1.88. The number of amides is 1. The fourth-order valence-electron chi connectivity index (χ4n) is 2.42. The van der Waals surface area contributed by atoms with Crippen molar-refractivity contribution >= 4 is 44.6 Å². The van der Waals surface area contributed by atoms with Crippen LogP contribution in [0.3, 0.4) is 0 Å². The molecule has 0 aliphatic rings. The molecule has 0 aliphatic carbocycles. The summed E-state index contributed by atoms with van der Waals surface area (Å²) in [6.07, 6.45) is 1.55. The van der Waals surface area contributed by atoms with Crippen LogP contribution in [0.15, 0.2) is 30.5 Å². The highest BCUT2D eigenvalue weighted by molar-refractivity contribution is 8.76. The zero-order chi connectivity index (χ0) is 20.4. The van der Waals surface area contributed by atoms with Gasteiger partial charge in [0.2, 0.25) is 0 Å². The van der Waals surface area contributed by atoms with Gasteiger partial charge in [-0.1, -0.05) is 39.8 Å². The minimum atomic E-state index is -0.759. The van der Waals surface area contributed by atoms with Crippen molar-refractivity contribution in [3.63, 3.8) is 0 Å². The van der Waals surface area contributed by atoms with E-state index in [0.717, 1.165) is 16.5 Å². The van der Waals surface area contributed by atoms with Crippen LogP contribution in [-0.2, 0) is 27.7 Å². The predicted octanol–water partition coefficient (Wildman–Crippen LogP) is 1.57. The zero-order valence-corrected chi connectivity index (χ0v) is 16.4. The highest BCUT2D eigenvalue weighted by atomic mass is 33.1. The van der Waals surface area contributed by atoms with Crippen molar-refractivity contribution in [3.05, 3.63) is 36.0 Å². The molecule has 0 spiro atoms. The lowest BCUT2D eigenvalue weighted by Gasteiger charge is -2.11. The number of hydrogen-bond donors (Lipinski definition) is 3. The average Bonchev–Trinajstić information content (AvgIpc) is 3.07. The zero-order valence-electron chi connectivity index (χ0n) is 15.8. The quantitative estimate of drug-likeness (QED) is 0.134. The molecule has 1 aromatic carbocycles. The fourth-order valence-corrected chi connectivity index (χ4v) is 4.07. The molecule has 1 aromatic heterocycles. The number of hydrogen-bond acceptors (Lipinski definition) is 8. The van der Waals surface area contributed by atoms with E-state index < -0.39 is 18.1 Å². The molecule has 1 heterocycles. The molecule has 2 rings (SSSR count). The largest absolute Gasteiger partial charge is 0.464 e. The third kappa shape index (κ3) is 6.65. The maximum atomic E-state index is 12.1. The van der Waals surface area contributed by atoms with Gasteiger partial charge in [-0.05, 0) is 11.6 Å². The van der Waals surface area contributed by atoms with Crippen molar-refractivity contribution in [1.82, 2.24) is 9.99 Å². The van der Waals surface area contributed by atoms with Gasteiger partial charge in [0.15, 0.2) is 0 Å². The normalized spacial score (nSPS) is 12.4. The number of para-hydroxylation sites is 1. The topological polar surface area (TPSA) is 122 Å². The highest BCUT2D eigenvalue weighted by Gasteiger charge is 2.18. The molecule has 0 fully saturated rings. The summed E-state index contributed by atoms with van der Waals surface area (Å²) in [5, 5.41) is 0.996. The molecule has 10 heteroatoms. The van der Waals surface area contributed by atoms with Crippen molar-refractivity contribution in [2.75, 3.05) is 24.7 Å². The average molecular weight is 414 g/mol. The molecule has 0 saturated heterocycles. The molecule has 1 atom stereocenters. The van der Waals surface area contributed by atoms with Gasteiger partial charge in [0.05, 0.1) is 0 Å². The Morgan fingerprint density at radius 1 is 1.26 bits per heavy atom. The van der Waals surface area contributed by atoms with Crippen LogP contribution in [0.5, 0.6) is 0 Å². The van der Waals surface area contributed by atoms with E-state index in [0.29, 0.717) is 17.9 Å². The Kier molecular flexibility index (Phi) is 8.15. The van der Waals surface area contributed by atoms with Crippen molar-refractivity contribution in [2.24, 2.45) is 18.6 Å². The number of carbonyl (C=O) groups excluding carboxylic acids is 2. The molecule has 148 valence electrons. The molecule has 2 aromatic rings. The van der Waals surface area contributed by atoms with Gasteiger partial charge < -0.3 is 19.8 Å². The molecule has 5 N–H and O–H groups in total. The van der Waals surface area contributed by atoms with Crippen LogP contribution in [0.1, 0.15) is 6.93 Å². The van der Waals surface area contributed by atoms with E-state index in [4.69, 9.17) is 22.4 Å². The first-order chi connectivity index (χ1) is 13.6. The van der Waals surface area contributed by atoms with Gasteiger partial charge in [-0.15, -0.1) is 0 Å². The first-order valence-electron chi connectivity index (χ1n) is 8.93. The monoisotopic (exact) mass is 413 g/mol. The number of aryl methyl sites for hydroxylation is 1. The van der Waals surface area contributed by atoms with Gasteiger partial charge in [0.1, 0.15) is 19.3 Å². The maximum Gasteiger partial charge on any atom is 0.421 e. The van der Waals surface area contributed by atoms with Crippen molar-refractivity contribution in [2.45, 2.75) is 12.5 Å². The van der Waals surface area contributed by atoms with Gasteiger partial charge >= 0.3 is 12.1 Å². The first kappa shape index (κ1) is 19.9. The smallest absolute Gasteiger partial charge is 0.421 e. The molecular weight excluding hydrogens is 388 g/mol. The number of benzene rings is 1. The minimum absolute atomic E-state index is 0.108. The van der Waals surface area contributed by atoms with Crippen molar-refractivity contribution < 1.29 is 20.4 Å². The van der Waals surface area contributed by atoms with Crippen LogP contribution < -0.4 is 17.0 Å². The Morgan fingerprint density at radius 2 is 1.96 bits per heavy atom. The first-order valence-corrected chi connectivity index (χ1v) is 10.7. The Balaban J connectivity index is 1.69. The number of fused-ring (bicyclic) bond motifs is 1. The number of hydrazine groups is 1. The molecule has 0 aliphatic heterocycles. The number of ether oxygens (including phenoxy) is 2. The molecule has 0 radical (unpaired) electrons. The molecule has 27 heavy (non-hydrogen) atoms. The van der Waals surface area contributed by atoms with Crippen LogP contribution in [0.4, 0.5) is 4.79 Å². The van der Waals surface area contributed by atoms with Crippen LogP contribution in [-0.4, -0.2) is 47.4 Å². The lowest BCUT2D eigenvalue weighted by atomic mass is 10.1. The van der Waals surface area contributed by atoms with Crippen LogP contribution >= 0.6 is 21.6 Å². The highest BCUT2D eigenvalue weighted by Crippen LogP contribution is 2.22. The van der Waals surface area contributed by atoms with Crippen LogP contribution in [0.25, 0.3) is 10.9 Å². The third-order valence-corrected chi connectivity index (χ3v) is 5.96. The summed E-state index contributed by atoms with van der Waals surface area (Å²) in [5.74, 6) is 5.64. The molecular formula is C17H24N4O4S2. The summed E-state index contributed by atoms with van der Waals surface area (Å²) in [7, 11) is 3.12. The van der Waals surface area contributed by atoms with E-state index in [2.05, 4.69) is 0 Å². The fraction of sp³-hybridized carbons (Fsp3) is 0.412. The standard InChI is InChI=1S/C17H24N4O4S2/c1-21-11-12(13-4-2-3-5-15(13)21)10-14(18)16(22)24-6-8-26-27-9-7-25-17(23)20-19/h2-5,11,14H,6-10,18-19H2,1H3,(H,20,23)/t14-/m0/s1/i1D. The summed E-state index contributed by atoms with van der Waals surface area (Å²) >= 11 is 0. The minimum Gasteiger partial charge on any atom is -0.464 e. The van der Waals surface area contributed by atoms with Gasteiger partial charge in [0.25, 0.3) is 0 Å². The van der Waals surface area contributed by atoms with E-state index in [1.165, 1.54) is 21.6 Å². The molecule has 0 bridgehead atoms. The second-order valence-corrected chi connectivity index (χ2v) is 8.25. The Bertz CT molecular complexity index is 790. The van der Waals surface area contributed by atoms with Gasteiger partial charge in [-0.25, -0.2) is 10.6 Å². The lowest BCUT2D eigenvalue weighted by molar-refractivity contribution is -0.144. The summed E-state index contributed by atoms with van der Waals surface area (Å²) in [6, 6.07) is 6.99. The van der Waals surface area contributed by atoms with E-state index in [-0.39, 0.29) is 20.2 Å². The number of aromatic nitrogens is 1. The molecule has 1 amide bonds. The second-order valence-electron chi connectivity index (χ2n) is 5.54. The van der Waals surface area contributed by atoms with E-state index in [9.17, 15) is 9.59 Å². The summed E-state index contributed by atoms with van der Waals surface area (Å²) in [6.45, 7) is 0.500. The number of nitrogens with one attached hydrogen (secondary N) is 1. The number of nitrogens with zero attached hydrogens (tertiary/aromatic N) is 1. The summed E-state index contributed by atoms with van der Waals surface area (Å²) in [5.41, 5.74) is 9.76. The Labute approximate surface area is 167 Å². The van der Waals surface area contributed by atoms with E-state index in [1.54, 1.807) is 0 Å². The van der Waals surface area contributed by atoms with Crippen molar-refractivity contribution in [3.8, 4) is 0 Å². The van der Waals surface area contributed by atoms with Crippen molar-refractivity contribution in [1.29, 1.82) is 0 Å². The molecule has 0 saturated carbocycles. The number of carbonyl (C=O) groups is 2. The lowest BCUT2D eigenvalue weighted by Crippen LogP contribution is -2.34. The number of esters is 1.